The average molecular weight is 394 g/mol. The number of nitrogens with one attached hydrogen (secondary N) is 2. The van der Waals surface area contributed by atoms with Crippen molar-refractivity contribution < 1.29 is 9.59 Å². The second-order valence-electron chi connectivity index (χ2n) is 7.57. The zero-order valence-corrected chi connectivity index (χ0v) is 16.6. The first kappa shape index (κ1) is 20.3. The SMILES string of the molecule is Cc1cc(NC(=O)C(=O)N2C[C@@H](C)CC[C@@H]2c2ccc(C=N)c(N)c2)cnc1N. The number of nitrogen functional groups attached to an aromatic ring is 2. The lowest BCUT2D eigenvalue weighted by molar-refractivity contribution is -0.146. The minimum atomic E-state index is -0.709. The quantitative estimate of drug-likeness (QED) is 0.360. The van der Waals surface area contributed by atoms with Crippen molar-refractivity contribution in [3.05, 3.63) is 47.2 Å². The summed E-state index contributed by atoms with van der Waals surface area (Å²) in [6.45, 7) is 4.33. The van der Waals surface area contributed by atoms with Crippen molar-refractivity contribution in [1.82, 2.24) is 9.88 Å². The molecule has 1 aromatic heterocycles. The maximum atomic E-state index is 13.0. The molecule has 8 nitrogen and oxygen atoms in total. The molecule has 0 bridgehead atoms. The van der Waals surface area contributed by atoms with Crippen LogP contribution in [0, 0.1) is 18.3 Å². The van der Waals surface area contributed by atoms with Gasteiger partial charge in [-0.2, -0.15) is 0 Å². The molecule has 29 heavy (non-hydrogen) atoms. The molecule has 2 amide bonds. The number of anilines is 3. The highest BCUT2D eigenvalue weighted by Crippen LogP contribution is 2.34. The van der Waals surface area contributed by atoms with E-state index in [0.717, 1.165) is 24.0 Å². The van der Waals surface area contributed by atoms with E-state index >= 15 is 0 Å². The van der Waals surface area contributed by atoms with Crippen LogP contribution in [0.3, 0.4) is 0 Å². The van der Waals surface area contributed by atoms with E-state index in [9.17, 15) is 9.59 Å². The lowest BCUT2D eigenvalue weighted by Crippen LogP contribution is -2.46. The van der Waals surface area contributed by atoms with Gasteiger partial charge < -0.3 is 27.1 Å². The van der Waals surface area contributed by atoms with Gasteiger partial charge in [0.2, 0.25) is 0 Å². The maximum Gasteiger partial charge on any atom is 0.313 e. The summed E-state index contributed by atoms with van der Waals surface area (Å²) in [5.41, 5.74) is 14.9. The Hall–Kier alpha value is -3.42. The summed E-state index contributed by atoms with van der Waals surface area (Å²) in [7, 11) is 0. The van der Waals surface area contributed by atoms with E-state index in [-0.39, 0.29) is 6.04 Å². The highest BCUT2D eigenvalue weighted by Gasteiger charge is 2.34. The van der Waals surface area contributed by atoms with Crippen LogP contribution in [0.5, 0.6) is 0 Å². The van der Waals surface area contributed by atoms with Gasteiger partial charge in [-0.15, -0.1) is 0 Å². The van der Waals surface area contributed by atoms with Crippen LogP contribution in [0.15, 0.2) is 30.5 Å². The van der Waals surface area contributed by atoms with Crippen molar-refractivity contribution in [2.24, 2.45) is 5.92 Å². The highest BCUT2D eigenvalue weighted by atomic mass is 16.2. The molecule has 0 aliphatic carbocycles. The number of nitrogens with two attached hydrogens (primary N) is 2. The molecule has 1 saturated heterocycles. The Labute approximate surface area is 169 Å². The van der Waals surface area contributed by atoms with E-state index in [1.807, 2.05) is 6.07 Å². The number of amides is 2. The van der Waals surface area contributed by atoms with E-state index in [1.165, 1.54) is 12.4 Å². The molecule has 2 aromatic rings. The molecule has 6 N–H and O–H groups in total. The first-order chi connectivity index (χ1) is 13.8. The van der Waals surface area contributed by atoms with Crippen molar-refractivity contribution in [1.29, 1.82) is 5.41 Å². The number of hydrogen-bond donors (Lipinski definition) is 4. The first-order valence-corrected chi connectivity index (χ1v) is 9.54. The predicted molar refractivity (Wildman–Crippen MR) is 114 cm³/mol. The van der Waals surface area contributed by atoms with Crippen LogP contribution in [-0.4, -0.2) is 34.5 Å². The van der Waals surface area contributed by atoms with Crippen LogP contribution < -0.4 is 16.8 Å². The fraction of sp³-hybridized carbons (Fsp3) is 0.333. The molecule has 1 aliphatic heterocycles. The van der Waals surface area contributed by atoms with Gasteiger partial charge >= 0.3 is 11.8 Å². The molecular formula is C21H26N6O2. The van der Waals surface area contributed by atoms with Crippen molar-refractivity contribution in [2.45, 2.75) is 32.7 Å². The number of carbonyl (C=O) groups is 2. The average Bonchev–Trinajstić information content (AvgIpc) is 2.70. The zero-order valence-electron chi connectivity index (χ0n) is 16.6. The summed E-state index contributed by atoms with van der Waals surface area (Å²) in [5.74, 6) is -0.628. The predicted octanol–water partition coefficient (Wildman–Crippen LogP) is 2.49. The zero-order chi connectivity index (χ0) is 21.1. The van der Waals surface area contributed by atoms with Gasteiger partial charge in [-0.25, -0.2) is 4.98 Å². The van der Waals surface area contributed by atoms with Crippen LogP contribution in [0.1, 0.15) is 42.5 Å². The van der Waals surface area contributed by atoms with E-state index < -0.39 is 11.8 Å². The maximum absolute atomic E-state index is 13.0. The molecule has 2 atom stereocenters. The van der Waals surface area contributed by atoms with Crippen molar-refractivity contribution >= 4 is 35.2 Å². The lowest BCUT2D eigenvalue weighted by Gasteiger charge is -2.38. The third kappa shape index (κ3) is 4.37. The van der Waals surface area contributed by atoms with Gasteiger partial charge in [-0.3, -0.25) is 9.59 Å². The molecule has 152 valence electrons. The first-order valence-electron chi connectivity index (χ1n) is 9.54. The Bertz CT molecular complexity index is 958. The number of carbonyl (C=O) groups excluding carboxylic acids is 2. The molecule has 2 heterocycles. The normalized spacial score (nSPS) is 18.9. The number of piperidine rings is 1. The van der Waals surface area contributed by atoms with Gasteiger partial charge in [0, 0.05) is 24.0 Å². The summed E-state index contributed by atoms with van der Waals surface area (Å²) in [6, 6.07) is 6.86. The Morgan fingerprint density at radius 3 is 2.69 bits per heavy atom. The number of aryl methyl sites for hydroxylation is 1. The summed E-state index contributed by atoms with van der Waals surface area (Å²) in [6.07, 6.45) is 4.32. The van der Waals surface area contributed by atoms with Gasteiger partial charge in [-0.05, 0) is 48.9 Å². The van der Waals surface area contributed by atoms with E-state index in [2.05, 4.69) is 17.2 Å². The molecule has 0 unspecified atom stereocenters. The third-order valence-electron chi connectivity index (χ3n) is 5.30. The van der Waals surface area contributed by atoms with E-state index in [1.54, 1.807) is 30.0 Å². The smallest absolute Gasteiger partial charge is 0.313 e. The molecule has 1 aliphatic rings. The summed E-state index contributed by atoms with van der Waals surface area (Å²) < 4.78 is 0. The van der Waals surface area contributed by atoms with Crippen molar-refractivity contribution in [2.75, 3.05) is 23.3 Å². The Morgan fingerprint density at radius 1 is 1.28 bits per heavy atom. The molecule has 3 rings (SSSR count). The number of nitrogens with zero attached hydrogens (tertiary/aromatic N) is 2. The van der Waals surface area contributed by atoms with Gasteiger partial charge in [-0.1, -0.05) is 19.1 Å². The minimum absolute atomic E-state index is 0.238. The fourth-order valence-electron chi connectivity index (χ4n) is 3.62. The van der Waals surface area contributed by atoms with Gasteiger partial charge in [0.25, 0.3) is 0 Å². The molecular weight excluding hydrogens is 368 g/mol. The molecule has 0 radical (unpaired) electrons. The summed E-state index contributed by atoms with van der Waals surface area (Å²) in [4.78, 5) is 31.3. The van der Waals surface area contributed by atoms with Crippen LogP contribution in [0.25, 0.3) is 0 Å². The topological polar surface area (TPSA) is 138 Å². The summed E-state index contributed by atoms with van der Waals surface area (Å²) in [5, 5.41) is 10.0. The second-order valence-corrected chi connectivity index (χ2v) is 7.57. The molecule has 0 spiro atoms. The Kier molecular flexibility index (Phi) is 5.81. The van der Waals surface area contributed by atoms with E-state index in [0.29, 0.717) is 35.2 Å². The third-order valence-corrected chi connectivity index (χ3v) is 5.30. The number of hydrogen-bond acceptors (Lipinski definition) is 6. The Morgan fingerprint density at radius 2 is 2.03 bits per heavy atom. The molecule has 0 saturated carbocycles. The van der Waals surface area contributed by atoms with Crippen LogP contribution in [0.2, 0.25) is 0 Å². The van der Waals surface area contributed by atoms with Gasteiger partial charge in [0.1, 0.15) is 5.82 Å². The fourth-order valence-corrected chi connectivity index (χ4v) is 3.62. The molecule has 1 fully saturated rings. The van der Waals surface area contributed by atoms with Crippen molar-refractivity contribution in [3.8, 4) is 0 Å². The van der Waals surface area contributed by atoms with Crippen LogP contribution in [0.4, 0.5) is 17.2 Å². The van der Waals surface area contributed by atoms with Gasteiger partial charge in [0.15, 0.2) is 0 Å². The highest BCUT2D eigenvalue weighted by molar-refractivity contribution is 6.39. The molecule has 1 aromatic carbocycles. The largest absolute Gasteiger partial charge is 0.398 e. The minimum Gasteiger partial charge on any atom is -0.398 e. The number of aromatic nitrogens is 1. The number of pyridine rings is 1. The monoisotopic (exact) mass is 394 g/mol. The van der Waals surface area contributed by atoms with E-state index in [4.69, 9.17) is 16.9 Å². The number of likely N-dealkylation sites (tertiary alicyclic amines) is 1. The standard InChI is InChI=1S/C21H26N6O2/c1-12-3-6-18(14-4-5-15(9-22)17(23)8-14)27(11-12)21(29)20(28)26-16-7-13(2)19(24)25-10-16/h4-5,7-10,12,18,22H,3,6,11,23H2,1-2H3,(H2,24,25)(H,26,28)/t12-,18+/m0/s1. The van der Waals surface area contributed by atoms with Crippen molar-refractivity contribution in [3.63, 3.8) is 0 Å². The van der Waals surface area contributed by atoms with Gasteiger partial charge in [0.05, 0.1) is 17.9 Å². The second kappa shape index (κ2) is 8.30. The summed E-state index contributed by atoms with van der Waals surface area (Å²) >= 11 is 0. The number of rotatable bonds is 3. The Balaban J connectivity index is 1.83. The van der Waals surface area contributed by atoms with Crippen LogP contribution in [-0.2, 0) is 9.59 Å². The van der Waals surface area contributed by atoms with Crippen LogP contribution >= 0.6 is 0 Å². The lowest BCUT2D eigenvalue weighted by atomic mass is 9.89. The number of benzene rings is 1. The molecule has 8 heteroatoms.